The molecule has 0 radical (unpaired) electrons. The van der Waals surface area contributed by atoms with Crippen LogP contribution in [0.25, 0.3) is 22.3 Å². The second-order valence-corrected chi connectivity index (χ2v) is 14.0. The van der Waals surface area contributed by atoms with E-state index in [9.17, 15) is 9.00 Å². The Morgan fingerprint density at radius 3 is 2.74 bits per heavy atom. The highest BCUT2D eigenvalue weighted by molar-refractivity contribution is 7.99. The number of piperidine rings is 1. The molecule has 216 valence electrons. The molecule has 4 aromatic heterocycles. The van der Waals surface area contributed by atoms with E-state index in [0.29, 0.717) is 21.9 Å². The van der Waals surface area contributed by atoms with E-state index in [1.54, 1.807) is 29.1 Å². The van der Waals surface area contributed by atoms with Crippen LogP contribution in [-0.2, 0) is 16.1 Å². The molecule has 5 heterocycles. The van der Waals surface area contributed by atoms with Crippen LogP contribution in [0, 0.1) is 0 Å². The van der Waals surface area contributed by atoms with E-state index in [2.05, 4.69) is 31.5 Å². The summed E-state index contributed by atoms with van der Waals surface area (Å²) < 4.78 is 20.0. The van der Waals surface area contributed by atoms with E-state index in [1.165, 1.54) is 23.8 Å². The first kappa shape index (κ1) is 28.3. The zero-order chi connectivity index (χ0) is 29.3. The van der Waals surface area contributed by atoms with Gasteiger partial charge in [0.15, 0.2) is 0 Å². The van der Waals surface area contributed by atoms with Gasteiger partial charge in [-0.1, -0.05) is 11.6 Å². The molecule has 1 aromatic carbocycles. The maximum Gasteiger partial charge on any atom is 0.262 e. The number of aromatic nitrogens is 5. The third kappa shape index (κ3) is 6.16. The highest BCUT2D eigenvalue weighted by atomic mass is 35.5. The fourth-order valence-corrected chi connectivity index (χ4v) is 6.30. The predicted molar refractivity (Wildman–Crippen MR) is 169 cm³/mol. The first-order valence-electron chi connectivity index (χ1n) is 13.3. The molecule has 1 aliphatic heterocycles. The molecule has 0 bridgehead atoms. The Morgan fingerprint density at radius 2 is 2.05 bits per heavy atom. The van der Waals surface area contributed by atoms with Crippen molar-refractivity contribution in [2.24, 2.45) is 0 Å². The van der Waals surface area contributed by atoms with Crippen molar-refractivity contribution in [2.45, 2.75) is 30.4 Å². The predicted octanol–water partition coefficient (Wildman–Crippen LogP) is 4.59. The Labute approximate surface area is 251 Å². The topological polar surface area (TPSA) is 124 Å². The van der Waals surface area contributed by atoms with Crippen LogP contribution in [0.15, 0.2) is 70.1 Å². The van der Waals surface area contributed by atoms with E-state index in [-0.39, 0.29) is 34.5 Å². The summed E-state index contributed by atoms with van der Waals surface area (Å²) in [6, 6.07) is 10.9. The smallest absolute Gasteiger partial charge is 0.262 e. The highest BCUT2D eigenvalue weighted by Gasteiger charge is 2.19. The van der Waals surface area contributed by atoms with E-state index >= 15 is 0 Å². The van der Waals surface area contributed by atoms with Gasteiger partial charge in [-0.25, -0.2) is 9.97 Å². The molecular weight excluding hydrogens is 594 g/mol. The fraction of sp³-hybridized carbons (Fsp3) is 0.241. The lowest BCUT2D eigenvalue weighted by molar-refractivity contribution is 0.167. The number of nitrogens with zero attached hydrogens (tertiary/aromatic N) is 5. The normalized spacial score (nSPS) is 16.7. The van der Waals surface area contributed by atoms with Crippen molar-refractivity contribution >= 4 is 61.0 Å². The van der Waals surface area contributed by atoms with Gasteiger partial charge in [0.25, 0.3) is 5.56 Å². The van der Waals surface area contributed by atoms with Crippen molar-refractivity contribution in [3.63, 3.8) is 0 Å². The summed E-state index contributed by atoms with van der Waals surface area (Å²) in [5, 5.41) is 9.99. The third-order valence-corrected chi connectivity index (χ3v) is 9.11. The summed E-state index contributed by atoms with van der Waals surface area (Å²) in [7, 11) is -2.53. The van der Waals surface area contributed by atoms with Crippen molar-refractivity contribution in [3.05, 3.63) is 80.8 Å². The minimum absolute atomic E-state index is 0.167. The lowest BCUT2D eigenvalue weighted by atomic mass is 10.1. The fourth-order valence-electron chi connectivity index (χ4n) is 4.72. The maximum atomic E-state index is 13.9. The summed E-state index contributed by atoms with van der Waals surface area (Å²) in [6.07, 6.45) is 8.60. The van der Waals surface area contributed by atoms with Gasteiger partial charge in [-0.05, 0) is 71.2 Å². The first-order valence-corrected chi connectivity index (χ1v) is 16.7. The molecule has 1 saturated heterocycles. The summed E-state index contributed by atoms with van der Waals surface area (Å²) in [5.74, 6) is 4.83. The molecule has 2 unspecified atom stereocenters. The molecule has 1 fully saturated rings. The lowest BCUT2D eigenvalue weighted by Gasteiger charge is -2.24. The zero-order valence-electron chi connectivity index (χ0n) is 22.7. The molecule has 1 aliphatic rings. The Bertz CT molecular complexity index is 1900. The van der Waals surface area contributed by atoms with E-state index in [0.717, 1.165) is 42.4 Å². The largest absolute Gasteiger partial charge is 0.489 e. The standard InChI is InChI=1S/C29H28ClN7O3S2/c1-42(2,39)22-13-24(30)26(33-16-22)23-12-18-14-34-29(36-27(18)37(28(23)38)17-25-32-10-11-41-25)35-19-5-7-20(8-6-19)40-21-4-3-9-31-15-21/h5-8,10-14,16,21,31H,1,3-4,9,15,17H2,2H3,(H,34,35,36). The van der Waals surface area contributed by atoms with Crippen LogP contribution in [0.3, 0.4) is 0 Å². The molecule has 0 spiro atoms. The van der Waals surface area contributed by atoms with Crippen molar-refractivity contribution < 1.29 is 8.95 Å². The Balaban J connectivity index is 1.35. The number of anilines is 2. The number of halogens is 1. The molecule has 2 atom stereocenters. The van der Waals surface area contributed by atoms with Crippen molar-refractivity contribution in [1.29, 1.82) is 0 Å². The summed E-state index contributed by atoms with van der Waals surface area (Å²) in [6.45, 7) is 2.08. The van der Waals surface area contributed by atoms with Crippen LogP contribution in [0.4, 0.5) is 11.6 Å². The third-order valence-electron chi connectivity index (χ3n) is 6.84. The van der Waals surface area contributed by atoms with Crippen LogP contribution in [0.2, 0.25) is 5.02 Å². The number of hydrogen-bond donors (Lipinski definition) is 2. The molecule has 0 amide bonds. The molecule has 0 saturated carbocycles. The van der Waals surface area contributed by atoms with Crippen LogP contribution >= 0.6 is 22.9 Å². The highest BCUT2D eigenvalue weighted by Crippen LogP contribution is 2.28. The van der Waals surface area contributed by atoms with Gasteiger partial charge in [-0.3, -0.25) is 18.6 Å². The van der Waals surface area contributed by atoms with Gasteiger partial charge >= 0.3 is 0 Å². The molecule has 6 rings (SSSR count). The average molecular weight is 622 g/mol. The molecular formula is C29H28ClN7O3S2. The van der Waals surface area contributed by atoms with Gasteiger partial charge in [0.2, 0.25) is 5.95 Å². The summed E-state index contributed by atoms with van der Waals surface area (Å²) in [4.78, 5) is 32.3. The van der Waals surface area contributed by atoms with Gasteiger partial charge in [0.05, 0.1) is 27.7 Å². The quantitative estimate of drug-likeness (QED) is 0.239. The Hall–Kier alpha value is -3.84. The average Bonchev–Trinajstić information content (AvgIpc) is 3.49. The van der Waals surface area contributed by atoms with E-state index < -0.39 is 9.52 Å². The number of rotatable bonds is 8. The number of thiazole rings is 1. The molecule has 0 aliphatic carbocycles. The van der Waals surface area contributed by atoms with Gasteiger partial charge in [-0.15, -0.1) is 11.3 Å². The Kier molecular flexibility index (Phi) is 7.95. The van der Waals surface area contributed by atoms with Gasteiger partial charge < -0.3 is 15.4 Å². The number of benzene rings is 1. The van der Waals surface area contributed by atoms with Crippen LogP contribution in [0.5, 0.6) is 5.75 Å². The van der Waals surface area contributed by atoms with Crippen molar-refractivity contribution in [3.8, 4) is 17.0 Å². The molecule has 2 N–H and O–H groups in total. The molecule has 5 aromatic rings. The van der Waals surface area contributed by atoms with Crippen molar-refractivity contribution in [2.75, 3.05) is 24.7 Å². The first-order chi connectivity index (χ1) is 20.2. The van der Waals surface area contributed by atoms with Crippen LogP contribution < -0.4 is 20.9 Å². The Morgan fingerprint density at radius 1 is 1.21 bits per heavy atom. The number of pyridine rings is 2. The van der Waals surface area contributed by atoms with Gasteiger partial charge in [0, 0.05) is 47.8 Å². The zero-order valence-corrected chi connectivity index (χ0v) is 25.1. The monoisotopic (exact) mass is 621 g/mol. The molecule has 10 nitrogen and oxygen atoms in total. The van der Waals surface area contributed by atoms with Crippen molar-refractivity contribution in [1.82, 2.24) is 29.8 Å². The summed E-state index contributed by atoms with van der Waals surface area (Å²) >= 11 is 7.98. The second-order valence-electron chi connectivity index (χ2n) is 10.1. The van der Waals surface area contributed by atoms with Crippen LogP contribution in [0.1, 0.15) is 17.8 Å². The molecule has 42 heavy (non-hydrogen) atoms. The number of hydrogen-bond acceptors (Lipinski definition) is 10. The number of ether oxygens (including phenoxy) is 1. The SMILES string of the molecule is C=S(C)(=O)c1cnc(-c2cc3cnc(Nc4ccc(OC5CCCNC5)cc4)nc3n(Cc3nccs3)c2=O)c(Cl)c1. The lowest BCUT2D eigenvalue weighted by Crippen LogP contribution is -2.37. The maximum absolute atomic E-state index is 13.9. The number of fused-ring (bicyclic) bond motifs is 1. The minimum atomic E-state index is -2.53. The number of nitrogens with one attached hydrogen (secondary N) is 2. The summed E-state index contributed by atoms with van der Waals surface area (Å²) in [5.41, 5.74) is 1.42. The van der Waals surface area contributed by atoms with Crippen LogP contribution in [-0.4, -0.2) is 60.0 Å². The van der Waals surface area contributed by atoms with E-state index in [4.69, 9.17) is 21.3 Å². The minimum Gasteiger partial charge on any atom is -0.489 e. The van der Waals surface area contributed by atoms with Gasteiger partial charge in [0.1, 0.15) is 22.5 Å². The molecule has 13 heteroatoms. The van der Waals surface area contributed by atoms with Gasteiger partial charge in [-0.2, -0.15) is 4.98 Å². The second kappa shape index (κ2) is 11.8. The van der Waals surface area contributed by atoms with E-state index in [1.807, 2.05) is 29.6 Å².